The Hall–Kier alpha value is -1.42. The fraction of sp³-hybridized carbons (Fsp3) is 0.417. The number of amides is 1. The van der Waals surface area contributed by atoms with Crippen molar-refractivity contribution < 1.29 is 9.18 Å². The molecule has 1 aromatic rings. The van der Waals surface area contributed by atoms with E-state index in [0.29, 0.717) is 11.7 Å². The largest absolute Gasteiger partial charge is 0.325 e. The van der Waals surface area contributed by atoms with Crippen LogP contribution in [-0.2, 0) is 4.79 Å². The minimum Gasteiger partial charge on any atom is -0.325 e. The second-order valence-corrected chi connectivity index (χ2v) is 4.16. The first-order chi connectivity index (χ1) is 7.65. The maximum atomic E-state index is 12.6. The molecule has 1 unspecified atom stereocenters. The Kier molecular flexibility index (Phi) is 3.19. The molecule has 1 saturated carbocycles. The summed E-state index contributed by atoms with van der Waals surface area (Å²) in [6.45, 7) is 1.83. The Balaban J connectivity index is 1.87. The van der Waals surface area contributed by atoms with Crippen molar-refractivity contribution in [3.8, 4) is 0 Å². The van der Waals surface area contributed by atoms with E-state index < -0.39 is 0 Å². The summed E-state index contributed by atoms with van der Waals surface area (Å²) in [4.78, 5) is 11.7. The Morgan fingerprint density at radius 3 is 2.56 bits per heavy atom. The predicted octanol–water partition coefficient (Wildman–Crippen LogP) is 1.90. The molecule has 1 fully saturated rings. The smallest absolute Gasteiger partial charge is 0.241 e. The lowest BCUT2D eigenvalue weighted by atomic mass is 10.2. The van der Waals surface area contributed by atoms with E-state index in [1.165, 1.54) is 12.1 Å². The van der Waals surface area contributed by atoms with Gasteiger partial charge in [0.15, 0.2) is 0 Å². The van der Waals surface area contributed by atoms with E-state index in [-0.39, 0.29) is 17.8 Å². The van der Waals surface area contributed by atoms with Gasteiger partial charge in [-0.15, -0.1) is 0 Å². The van der Waals surface area contributed by atoms with Crippen LogP contribution in [0, 0.1) is 5.82 Å². The molecule has 1 atom stereocenters. The molecule has 16 heavy (non-hydrogen) atoms. The molecule has 0 heterocycles. The first-order valence-electron chi connectivity index (χ1n) is 5.47. The van der Waals surface area contributed by atoms with Gasteiger partial charge in [-0.2, -0.15) is 0 Å². The van der Waals surface area contributed by atoms with E-state index >= 15 is 0 Å². The van der Waals surface area contributed by atoms with Gasteiger partial charge in [0.05, 0.1) is 6.04 Å². The van der Waals surface area contributed by atoms with Crippen LogP contribution in [0.3, 0.4) is 0 Å². The fourth-order valence-corrected chi connectivity index (χ4v) is 1.46. The lowest BCUT2D eigenvalue weighted by Gasteiger charge is -2.13. The lowest BCUT2D eigenvalue weighted by molar-refractivity contribution is -0.117. The maximum Gasteiger partial charge on any atom is 0.241 e. The third-order valence-electron chi connectivity index (χ3n) is 2.57. The number of halogens is 1. The quantitative estimate of drug-likeness (QED) is 0.817. The van der Waals surface area contributed by atoms with Crippen LogP contribution >= 0.6 is 0 Å². The third-order valence-corrected chi connectivity index (χ3v) is 2.57. The SMILES string of the molecule is CC(NC1CC1)C(=O)Nc1ccc(F)cc1. The Bertz CT molecular complexity index is 373. The molecule has 1 aromatic carbocycles. The molecule has 1 aliphatic carbocycles. The average Bonchev–Trinajstić information content (AvgIpc) is 3.05. The Morgan fingerprint density at radius 1 is 1.38 bits per heavy atom. The van der Waals surface area contributed by atoms with Crippen LogP contribution in [0.25, 0.3) is 0 Å². The van der Waals surface area contributed by atoms with E-state index in [1.807, 2.05) is 6.92 Å². The minimum absolute atomic E-state index is 0.0847. The zero-order valence-electron chi connectivity index (χ0n) is 9.16. The molecule has 3 nitrogen and oxygen atoms in total. The number of benzene rings is 1. The highest BCUT2D eigenvalue weighted by molar-refractivity contribution is 5.94. The number of hydrogen-bond acceptors (Lipinski definition) is 2. The number of rotatable bonds is 4. The van der Waals surface area contributed by atoms with Gasteiger partial charge in [0.2, 0.25) is 5.91 Å². The summed E-state index contributed by atoms with van der Waals surface area (Å²) in [5, 5.41) is 5.93. The molecule has 1 amide bonds. The van der Waals surface area contributed by atoms with Gasteiger partial charge in [-0.05, 0) is 44.0 Å². The molecule has 2 rings (SSSR count). The molecule has 0 spiro atoms. The summed E-state index contributed by atoms with van der Waals surface area (Å²) in [5.41, 5.74) is 0.621. The van der Waals surface area contributed by atoms with Crippen LogP contribution in [-0.4, -0.2) is 18.0 Å². The van der Waals surface area contributed by atoms with Crippen LogP contribution in [0.15, 0.2) is 24.3 Å². The van der Waals surface area contributed by atoms with Crippen molar-refractivity contribution in [2.75, 3.05) is 5.32 Å². The van der Waals surface area contributed by atoms with Crippen molar-refractivity contribution in [2.24, 2.45) is 0 Å². The highest BCUT2D eigenvalue weighted by Crippen LogP contribution is 2.19. The van der Waals surface area contributed by atoms with Crippen molar-refractivity contribution in [2.45, 2.75) is 31.8 Å². The summed E-state index contributed by atoms with van der Waals surface area (Å²) in [5.74, 6) is -0.388. The standard InChI is InChI=1S/C12H15FN2O/c1-8(14-10-6-7-10)12(16)15-11-4-2-9(13)3-5-11/h2-5,8,10,14H,6-7H2,1H3,(H,15,16). The second-order valence-electron chi connectivity index (χ2n) is 4.16. The van der Waals surface area contributed by atoms with E-state index in [0.717, 1.165) is 12.8 Å². The van der Waals surface area contributed by atoms with Crippen molar-refractivity contribution in [3.05, 3.63) is 30.1 Å². The van der Waals surface area contributed by atoms with Crippen LogP contribution in [0.1, 0.15) is 19.8 Å². The van der Waals surface area contributed by atoms with E-state index in [9.17, 15) is 9.18 Å². The fourth-order valence-electron chi connectivity index (χ4n) is 1.46. The summed E-state index contributed by atoms with van der Waals surface area (Å²) in [7, 11) is 0. The zero-order valence-corrected chi connectivity index (χ0v) is 9.16. The molecule has 0 aliphatic heterocycles. The Morgan fingerprint density at radius 2 is 2.00 bits per heavy atom. The van der Waals surface area contributed by atoms with Crippen molar-refractivity contribution >= 4 is 11.6 Å². The van der Waals surface area contributed by atoms with Crippen LogP contribution in [0.2, 0.25) is 0 Å². The molecular weight excluding hydrogens is 207 g/mol. The summed E-state index contributed by atoms with van der Waals surface area (Å²) >= 11 is 0. The van der Waals surface area contributed by atoms with E-state index in [4.69, 9.17) is 0 Å². The van der Waals surface area contributed by atoms with Crippen molar-refractivity contribution in [1.82, 2.24) is 5.32 Å². The zero-order chi connectivity index (χ0) is 11.5. The van der Waals surface area contributed by atoms with Gasteiger partial charge in [-0.3, -0.25) is 4.79 Å². The van der Waals surface area contributed by atoms with Crippen LogP contribution < -0.4 is 10.6 Å². The highest BCUT2D eigenvalue weighted by Gasteiger charge is 2.25. The number of nitrogens with one attached hydrogen (secondary N) is 2. The summed E-state index contributed by atoms with van der Waals surface area (Å²) < 4.78 is 12.6. The molecule has 0 bridgehead atoms. The average molecular weight is 222 g/mol. The molecule has 0 radical (unpaired) electrons. The second kappa shape index (κ2) is 4.61. The normalized spacial score (nSPS) is 16.9. The first kappa shape index (κ1) is 11.1. The third kappa shape index (κ3) is 3.03. The number of carbonyl (C=O) groups excluding carboxylic acids is 1. The monoisotopic (exact) mass is 222 g/mol. The van der Waals surface area contributed by atoms with Crippen LogP contribution in [0.5, 0.6) is 0 Å². The lowest BCUT2D eigenvalue weighted by Crippen LogP contribution is -2.39. The molecule has 1 aliphatic rings. The van der Waals surface area contributed by atoms with Gasteiger partial charge in [0.1, 0.15) is 5.82 Å². The predicted molar refractivity (Wildman–Crippen MR) is 60.6 cm³/mol. The van der Waals surface area contributed by atoms with Crippen molar-refractivity contribution in [3.63, 3.8) is 0 Å². The van der Waals surface area contributed by atoms with Gasteiger partial charge >= 0.3 is 0 Å². The van der Waals surface area contributed by atoms with Gasteiger partial charge < -0.3 is 10.6 Å². The highest BCUT2D eigenvalue weighted by atomic mass is 19.1. The van der Waals surface area contributed by atoms with Gasteiger partial charge in [-0.1, -0.05) is 0 Å². The van der Waals surface area contributed by atoms with Gasteiger partial charge in [-0.25, -0.2) is 4.39 Å². The van der Waals surface area contributed by atoms with E-state index in [2.05, 4.69) is 10.6 Å². The molecule has 86 valence electrons. The van der Waals surface area contributed by atoms with Gasteiger partial charge in [0.25, 0.3) is 0 Å². The molecular formula is C12H15FN2O. The van der Waals surface area contributed by atoms with E-state index in [1.54, 1.807) is 12.1 Å². The topological polar surface area (TPSA) is 41.1 Å². The molecule has 4 heteroatoms. The van der Waals surface area contributed by atoms with Crippen LogP contribution in [0.4, 0.5) is 10.1 Å². The molecule has 0 aromatic heterocycles. The minimum atomic E-state index is -0.304. The molecule has 0 saturated heterocycles. The van der Waals surface area contributed by atoms with Gasteiger partial charge in [0, 0.05) is 11.7 Å². The summed E-state index contributed by atoms with van der Waals surface area (Å²) in [6.07, 6.45) is 2.29. The maximum absolute atomic E-state index is 12.6. The number of anilines is 1. The van der Waals surface area contributed by atoms with Crippen molar-refractivity contribution in [1.29, 1.82) is 0 Å². The number of hydrogen-bond donors (Lipinski definition) is 2. The Labute approximate surface area is 94.0 Å². The molecule has 2 N–H and O–H groups in total. The first-order valence-corrected chi connectivity index (χ1v) is 5.47. The number of carbonyl (C=O) groups is 1. The summed E-state index contributed by atoms with van der Waals surface area (Å²) in [6, 6.07) is 6.05.